The molecule has 1 atom stereocenters. The van der Waals surface area contributed by atoms with E-state index in [-0.39, 0.29) is 16.7 Å². The maximum Gasteiger partial charge on any atom is 0.262 e. The number of rotatable bonds is 4. The molecular formula is C22H25N3O2S2. The van der Waals surface area contributed by atoms with Gasteiger partial charge in [0, 0.05) is 17.6 Å². The highest BCUT2D eigenvalue weighted by Crippen LogP contribution is 2.35. The number of fused-ring (bicyclic) bond motifs is 3. The number of nitrogens with one attached hydrogen (secondary N) is 1. The molecule has 0 saturated carbocycles. The van der Waals surface area contributed by atoms with Crippen LogP contribution in [0.5, 0.6) is 0 Å². The second-order valence-corrected chi connectivity index (χ2v) is 10.1. The Hall–Kier alpha value is -2.12. The molecule has 1 aliphatic rings. The Bertz CT molecular complexity index is 1140. The average molecular weight is 428 g/mol. The van der Waals surface area contributed by atoms with Crippen molar-refractivity contribution in [3.8, 4) is 0 Å². The van der Waals surface area contributed by atoms with Crippen molar-refractivity contribution in [2.45, 2.75) is 56.9 Å². The summed E-state index contributed by atoms with van der Waals surface area (Å²) in [6.07, 6.45) is 4.31. The van der Waals surface area contributed by atoms with Crippen LogP contribution in [-0.2, 0) is 24.7 Å². The van der Waals surface area contributed by atoms with Crippen LogP contribution >= 0.6 is 23.1 Å². The number of aromatic nitrogens is 2. The van der Waals surface area contributed by atoms with E-state index in [0.717, 1.165) is 46.3 Å². The van der Waals surface area contributed by atoms with E-state index < -0.39 is 0 Å². The summed E-state index contributed by atoms with van der Waals surface area (Å²) in [4.78, 5) is 32.7. The molecule has 2 aromatic heterocycles. The van der Waals surface area contributed by atoms with Gasteiger partial charge in [-0.05, 0) is 63.1 Å². The number of hydrogen-bond donors (Lipinski definition) is 1. The fourth-order valence-corrected chi connectivity index (χ4v) is 6.00. The molecule has 1 amide bonds. The van der Waals surface area contributed by atoms with Crippen LogP contribution in [0.4, 0.5) is 5.69 Å². The fourth-order valence-electron chi connectivity index (χ4n) is 3.82. The highest BCUT2D eigenvalue weighted by atomic mass is 32.2. The summed E-state index contributed by atoms with van der Waals surface area (Å²) >= 11 is 2.97. The first-order valence-corrected chi connectivity index (χ1v) is 11.6. The van der Waals surface area contributed by atoms with Crippen LogP contribution in [0.25, 0.3) is 10.2 Å². The van der Waals surface area contributed by atoms with Gasteiger partial charge in [0.25, 0.3) is 5.56 Å². The Morgan fingerprint density at radius 2 is 1.93 bits per heavy atom. The van der Waals surface area contributed by atoms with Gasteiger partial charge in [-0.25, -0.2) is 4.98 Å². The third-order valence-corrected chi connectivity index (χ3v) is 7.87. The zero-order valence-electron chi connectivity index (χ0n) is 17.2. The number of thiophene rings is 1. The lowest BCUT2D eigenvalue weighted by Gasteiger charge is -2.16. The highest BCUT2D eigenvalue weighted by Gasteiger charge is 2.23. The summed E-state index contributed by atoms with van der Waals surface area (Å²) in [6.45, 7) is 5.82. The molecule has 29 heavy (non-hydrogen) atoms. The molecule has 0 unspecified atom stereocenters. The highest BCUT2D eigenvalue weighted by molar-refractivity contribution is 8.00. The number of benzene rings is 1. The van der Waals surface area contributed by atoms with Gasteiger partial charge in [0.15, 0.2) is 5.16 Å². The van der Waals surface area contributed by atoms with E-state index in [9.17, 15) is 9.59 Å². The van der Waals surface area contributed by atoms with Crippen LogP contribution in [0.2, 0.25) is 0 Å². The summed E-state index contributed by atoms with van der Waals surface area (Å²) in [5.74, 6) is -0.0905. The van der Waals surface area contributed by atoms with Gasteiger partial charge in [0.05, 0.1) is 10.6 Å². The third kappa shape index (κ3) is 3.73. The summed E-state index contributed by atoms with van der Waals surface area (Å²) < 4.78 is 1.59. The van der Waals surface area contributed by atoms with Gasteiger partial charge < -0.3 is 5.32 Å². The number of hydrogen-bond acceptors (Lipinski definition) is 5. The molecular weight excluding hydrogens is 402 g/mol. The summed E-state index contributed by atoms with van der Waals surface area (Å²) in [5.41, 5.74) is 4.12. The molecule has 0 radical (unpaired) electrons. The van der Waals surface area contributed by atoms with E-state index in [1.54, 1.807) is 23.0 Å². The molecule has 152 valence electrons. The molecule has 1 N–H and O–H groups in total. The Kier molecular flexibility index (Phi) is 5.53. The average Bonchev–Trinajstić information content (AvgIpc) is 3.06. The van der Waals surface area contributed by atoms with Crippen molar-refractivity contribution in [3.05, 3.63) is 50.1 Å². The van der Waals surface area contributed by atoms with Crippen molar-refractivity contribution in [1.82, 2.24) is 9.55 Å². The SMILES string of the molecule is Cc1cccc(C)c1NC(=O)[C@H](C)Sc1nc2sc3c(c2c(=O)n1C)CCCC3. The lowest BCUT2D eigenvalue weighted by molar-refractivity contribution is -0.115. The smallest absolute Gasteiger partial charge is 0.262 e. The number of thioether (sulfide) groups is 1. The molecule has 7 heteroatoms. The van der Waals surface area contributed by atoms with Crippen molar-refractivity contribution < 1.29 is 4.79 Å². The Labute approximate surface area is 178 Å². The Morgan fingerprint density at radius 1 is 1.24 bits per heavy atom. The number of carbonyl (C=O) groups is 1. The molecule has 0 bridgehead atoms. The monoisotopic (exact) mass is 427 g/mol. The third-order valence-electron chi connectivity index (χ3n) is 5.54. The van der Waals surface area contributed by atoms with E-state index >= 15 is 0 Å². The molecule has 0 fully saturated rings. The quantitative estimate of drug-likeness (QED) is 0.488. The molecule has 2 heterocycles. The first kappa shape index (κ1) is 20.2. The van der Waals surface area contributed by atoms with Crippen molar-refractivity contribution in [1.29, 1.82) is 0 Å². The Morgan fingerprint density at radius 3 is 2.66 bits per heavy atom. The summed E-state index contributed by atoms with van der Waals surface area (Å²) in [6, 6.07) is 5.95. The van der Waals surface area contributed by atoms with Gasteiger partial charge in [-0.3, -0.25) is 14.2 Å². The van der Waals surface area contributed by atoms with Crippen molar-refractivity contribution in [2.75, 3.05) is 5.32 Å². The predicted octanol–water partition coefficient (Wildman–Crippen LogP) is 4.61. The number of amides is 1. The summed E-state index contributed by atoms with van der Waals surface area (Å²) in [5, 5.41) is 4.03. The van der Waals surface area contributed by atoms with Crippen LogP contribution in [-0.4, -0.2) is 20.7 Å². The zero-order valence-corrected chi connectivity index (χ0v) is 18.8. The van der Waals surface area contributed by atoms with Crippen molar-refractivity contribution in [2.24, 2.45) is 7.05 Å². The first-order valence-electron chi connectivity index (χ1n) is 9.92. The van der Waals surface area contributed by atoms with Crippen LogP contribution < -0.4 is 10.9 Å². The maximum atomic E-state index is 13.0. The second kappa shape index (κ2) is 7.95. The van der Waals surface area contributed by atoms with E-state index in [2.05, 4.69) is 5.32 Å². The maximum absolute atomic E-state index is 13.0. The van der Waals surface area contributed by atoms with Gasteiger partial charge in [-0.15, -0.1) is 11.3 Å². The number of anilines is 1. The molecule has 1 aliphatic carbocycles. The lowest BCUT2D eigenvalue weighted by atomic mass is 9.97. The number of para-hydroxylation sites is 1. The minimum absolute atomic E-state index is 0.000688. The molecule has 3 aromatic rings. The van der Waals surface area contributed by atoms with E-state index in [0.29, 0.717) is 5.16 Å². The molecule has 0 saturated heterocycles. The number of carbonyl (C=O) groups excluding carboxylic acids is 1. The molecule has 1 aromatic carbocycles. The molecule has 5 nitrogen and oxygen atoms in total. The van der Waals surface area contributed by atoms with Gasteiger partial charge in [-0.1, -0.05) is 30.0 Å². The number of nitrogens with zero attached hydrogens (tertiary/aromatic N) is 2. The minimum Gasteiger partial charge on any atom is -0.325 e. The van der Waals surface area contributed by atoms with Crippen molar-refractivity contribution >= 4 is 44.9 Å². The largest absolute Gasteiger partial charge is 0.325 e. The molecule has 0 spiro atoms. The lowest BCUT2D eigenvalue weighted by Crippen LogP contribution is -2.26. The zero-order chi connectivity index (χ0) is 20.7. The van der Waals surface area contributed by atoms with Crippen LogP contribution in [0, 0.1) is 13.8 Å². The fraction of sp³-hybridized carbons (Fsp3) is 0.409. The standard InChI is InChI=1S/C22H25N3O2S2/c1-12-8-7-9-13(2)18(12)23-19(26)14(3)28-22-24-20-17(21(27)25(22)4)15-10-5-6-11-16(15)29-20/h7-9,14H,5-6,10-11H2,1-4H3,(H,23,26)/t14-/m0/s1. The first-order chi connectivity index (χ1) is 13.9. The molecule has 0 aliphatic heterocycles. The predicted molar refractivity (Wildman–Crippen MR) is 121 cm³/mol. The van der Waals surface area contributed by atoms with Crippen molar-refractivity contribution in [3.63, 3.8) is 0 Å². The van der Waals surface area contributed by atoms with Gasteiger partial charge >= 0.3 is 0 Å². The summed E-state index contributed by atoms with van der Waals surface area (Å²) in [7, 11) is 1.75. The topological polar surface area (TPSA) is 64.0 Å². The van der Waals surface area contributed by atoms with E-state index in [1.807, 2.05) is 39.0 Å². The van der Waals surface area contributed by atoms with E-state index in [1.165, 1.54) is 28.6 Å². The number of aryl methyl sites for hydroxylation is 4. The van der Waals surface area contributed by atoms with Gasteiger partial charge in [-0.2, -0.15) is 0 Å². The van der Waals surface area contributed by atoms with Gasteiger partial charge in [0.1, 0.15) is 4.83 Å². The van der Waals surface area contributed by atoms with E-state index in [4.69, 9.17) is 4.98 Å². The second-order valence-electron chi connectivity index (χ2n) is 7.67. The van der Waals surface area contributed by atoms with Crippen LogP contribution in [0.15, 0.2) is 28.2 Å². The van der Waals surface area contributed by atoms with Crippen LogP contribution in [0.3, 0.4) is 0 Å². The normalized spacial score (nSPS) is 14.6. The molecule has 4 rings (SSSR count). The van der Waals surface area contributed by atoms with Crippen LogP contribution in [0.1, 0.15) is 41.3 Å². The van der Waals surface area contributed by atoms with Gasteiger partial charge in [0.2, 0.25) is 5.91 Å². The minimum atomic E-state index is -0.376. The Balaban J connectivity index is 1.61.